The zero-order chi connectivity index (χ0) is 14.8. The molecule has 1 saturated carbocycles. The minimum absolute atomic E-state index is 0.117. The van der Waals surface area contributed by atoms with Crippen LogP contribution in [-0.4, -0.2) is 11.1 Å². The summed E-state index contributed by atoms with van der Waals surface area (Å²) >= 11 is 0. The molecule has 1 aliphatic carbocycles. The molecule has 0 amide bonds. The van der Waals surface area contributed by atoms with Crippen molar-refractivity contribution < 1.29 is 8.78 Å². The number of benzene rings is 1. The fraction of sp³-hybridized carbons (Fsp3) is 0.412. The molecule has 1 N–H and O–H groups in total. The number of hydrogen-bond acceptors (Lipinski definition) is 1. The second-order valence-electron chi connectivity index (χ2n) is 5.69. The van der Waals surface area contributed by atoms with Gasteiger partial charge < -0.3 is 9.88 Å². The molecule has 0 spiro atoms. The van der Waals surface area contributed by atoms with Crippen LogP contribution < -0.4 is 5.32 Å². The molecule has 0 saturated heterocycles. The van der Waals surface area contributed by atoms with E-state index >= 15 is 0 Å². The Morgan fingerprint density at radius 3 is 2.57 bits per heavy atom. The Kier molecular flexibility index (Phi) is 4.06. The van der Waals surface area contributed by atoms with Crippen LogP contribution in [0.5, 0.6) is 0 Å². The fourth-order valence-electron chi connectivity index (χ4n) is 2.81. The summed E-state index contributed by atoms with van der Waals surface area (Å²) in [6, 6.07) is 6.40. The Bertz CT molecular complexity index is 597. The quantitative estimate of drug-likeness (QED) is 0.854. The van der Waals surface area contributed by atoms with Crippen molar-refractivity contribution in [1.82, 2.24) is 9.88 Å². The first-order valence-corrected chi connectivity index (χ1v) is 7.51. The highest BCUT2D eigenvalue weighted by Crippen LogP contribution is 2.41. The largest absolute Gasteiger partial charge is 0.349 e. The summed E-state index contributed by atoms with van der Waals surface area (Å²) in [6.45, 7) is 3.25. The van der Waals surface area contributed by atoms with Gasteiger partial charge in [-0.2, -0.15) is 0 Å². The van der Waals surface area contributed by atoms with Crippen LogP contribution in [0, 0.1) is 17.6 Å². The van der Waals surface area contributed by atoms with Gasteiger partial charge in [0.05, 0.1) is 6.54 Å². The van der Waals surface area contributed by atoms with E-state index in [2.05, 4.69) is 12.2 Å². The van der Waals surface area contributed by atoms with Gasteiger partial charge in [0.25, 0.3) is 0 Å². The number of nitrogens with one attached hydrogen (secondary N) is 1. The third-order valence-electron chi connectivity index (χ3n) is 4.05. The van der Waals surface area contributed by atoms with Gasteiger partial charge in [-0.15, -0.1) is 0 Å². The van der Waals surface area contributed by atoms with Gasteiger partial charge in [-0.1, -0.05) is 13.0 Å². The molecule has 0 aliphatic heterocycles. The van der Waals surface area contributed by atoms with Crippen molar-refractivity contribution in [2.45, 2.75) is 32.4 Å². The summed E-state index contributed by atoms with van der Waals surface area (Å²) < 4.78 is 29.2. The zero-order valence-electron chi connectivity index (χ0n) is 12.2. The maximum atomic E-state index is 13.7. The molecule has 0 radical (unpaired) electrons. The standard InChI is InChI=1S/C17H20F2N2/c1-2-20-17(12-6-7-12)13-8-9-21(10-13)11-14-15(18)4-3-5-16(14)19/h3-5,8-10,12,17,20H,2,6-7,11H2,1H3. The molecule has 112 valence electrons. The summed E-state index contributed by atoms with van der Waals surface area (Å²) in [7, 11) is 0. The maximum Gasteiger partial charge on any atom is 0.131 e. The Labute approximate surface area is 123 Å². The second kappa shape index (κ2) is 5.98. The van der Waals surface area contributed by atoms with Gasteiger partial charge in [-0.25, -0.2) is 8.78 Å². The predicted octanol–water partition coefficient (Wildman–Crippen LogP) is 3.88. The van der Waals surface area contributed by atoms with Crippen molar-refractivity contribution in [2.24, 2.45) is 5.92 Å². The smallest absolute Gasteiger partial charge is 0.131 e. The molecule has 1 atom stereocenters. The Balaban J connectivity index is 1.78. The first-order chi connectivity index (χ1) is 10.2. The van der Waals surface area contributed by atoms with Crippen LogP contribution in [0.25, 0.3) is 0 Å². The third-order valence-corrected chi connectivity index (χ3v) is 4.05. The van der Waals surface area contributed by atoms with Gasteiger partial charge in [-0.3, -0.25) is 0 Å². The molecule has 0 bridgehead atoms. The molecule has 1 fully saturated rings. The van der Waals surface area contributed by atoms with E-state index in [1.54, 1.807) is 0 Å². The van der Waals surface area contributed by atoms with Gasteiger partial charge in [0.2, 0.25) is 0 Å². The number of nitrogens with zero attached hydrogens (tertiary/aromatic N) is 1. The topological polar surface area (TPSA) is 17.0 Å². The number of rotatable bonds is 6. The van der Waals surface area contributed by atoms with Gasteiger partial charge in [0, 0.05) is 24.0 Å². The average Bonchev–Trinajstić information content (AvgIpc) is 3.19. The first-order valence-electron chi connectivity index (χ1n) is 7.51. The molecular formula is C17H20F2N2. The third kappa shape index (κ3) is 3.16. The van der Waals surface area contributed by atoms with E-state index in [-0.39, 0.29) is 12.1 Å². The fourth-order valence-corrected chi connectivity index (χ4v) is 2.81. The SMILES string of the molecule is CCNC(c1ccn(Cc2c(F)cccc2F)c1)C1CC1. The Hall–Kier alpha value is -1.68. The Morgan fingerprint density at radius 1 is 1.24 bits per heavy atom. The number of hydrogen-bond donors (Lipinski definition) is 1. The lowest BCUT2D eigenvalue weighted by Crippen LogP contribution is -2.22. The summed E-state index contributed by atoms with van der Waals surface area (Å²) in [6.07, 6.45) is 6.40. The van der Waals surface area contributed by atoms with Crippen molar-refractivity contribution in [3.63, 3.8) is 0 Å². The summed E-state index contributed by atoms with van der Waals surface area (Å²) in [5, 5.41) is 3.50. The van der Waals surface area contributed by atoms with E-state index in [9.17, 15) is 8.78 Å². The lowest BCUT2D eigenvalue weighted by Gasteiger charge is -2.15. The number of halogens is 2. The normalized spacial score (nSPS) is 16.1. The van der Waals surface area contributed by atoms with Crippen molar-refractivity contribution >= 4 is 0 Å². The highest BCUT2D eigenvalue weighted by Gasteiger charge is 2.32. The van der Waals surface area contributed by atoms with Gasteiger partial charge in [0.1, 0.15) is 11.6 Å². The molecule has 1 heterocycles. The molecule has 1 aliphatic rings. The van der Waals surface area contributed by atoms with Crippen LogP contribution in [0.1, 0.15) is 36.9 Å². The lowest BCUT2D eigenvalue weighted by atomic mass is 10.1. The van der Waals surface area contributed by atoms with Crippen LogP contribution in [0.2, 0.25) is 0 Å². The number of aromatic nitrogens is 1. The molecule has 1 unspecified atom stereocenters. The summed E-state index contributed by atoms with van der Waals surface area (Å²) in [4.78, 5) is 0. The van der Waals surface area contributed by atoms with E-state index in [0.29, 0.717) is 12.0 Å². The average molecular weight is 290 g/mol. The lowest BCUT2D eigenvalue weighted by molar-refractivity contribution is 0.495. The van der Waals surface area contributed by atoms with Crippen molar-refractivity contribution in [3.8, 4) is 0 Å². The maximum absolute atomic E-state index is 13.7. The van der Waals surface area contributed by atoms with E-state index in [1.807, 2.05) is 23.0 Å². The molecule has 2 nitrogen and oxygen atoms in total. The molecule has 3 rings (SSSR count). The van der Waals surface area contributed by atoms with Crippen LogP contribution in [0.4, 0.5) is 8.78 Å². The van der Waals surface area contributed by atoms with Gasteiger partial charge in [0.15, 0.2) is 0 Å². The molecule has 2 aromatic rings. The highest BCUT2D eigenvalue weighted by atomic mass is 19.1. The van der Waals surface area contributed by atoms with E-state index in [1.165, 1.54) is 36.6 Å². The minimum Gasteiger partial charge on any atom is -0.349 e. The second-order valence-corrected chi connectivity index (χ2v) is 5.69. The molecular weight excluding hydrogens is 270 g/mol. The van der Waals surface area contributed by atoms with Crippen LogP contribution in [-0.2, 0) is 6.54 Å². The first kappa shape index (κ1) is 14.3. The summed E-state index contributed by atoms with van der Waals surface area (Å²) in [5.74, 6) is -0.280. The predicted molar refractivity (Wildman–Crippen MR) is 79.0 cm³/mol. The highest BCUT2D eigenvalue weighted by molar-refractivity contribution is 5.23. The van der Waals surface area contributed by atoms with E-state index < -0.39 is 11.6 Å². The molecule has 1 aromatic carbocycles. The Morgan fingerprint density at radius 2 is 1.95 bits per heavy atom. The molecule has 1 aromatic heterocycles. The van der Waals surface area contributed by atoms with Crippen LogP contribution in [0.3, 0.4) is 0 Å². The van der Waals surface area contributed by atoms with Gasteiger partial charge in [-0.05, 0) is 49.1 Å². The monoisotopic (exact) mass is 290 g/mol. The van der Waals surface area contributed by atoms with E-state index in [0.717, 1.165) is 6.54 Å². The van der Waals surface area contributed by atoms with Crippen LogP contribution >= 0.6 is 0 Å². The van der Waals surface area contributed by atoms with Crippen molar-refractivity contribution in [2.75, 3.05) is 6.54 Å². The van der Waals surface area contributed by atoms with Crippen molar-refractivity contribution in [3.05, 3.63) is 59.4 Å². The molecule has 4 heteroatoms. The minimum atomic E-state index is -0.490. The van der Waals surface area contributed by atoms with Crippen LogP contribution in [0.15, 0.2) is 36.7 Å². The van der Waals surface area contributed by atoms with Gasteiger partial charge >= 0.3 is 0 Å². The molecule has 21 heavy (non-hydrogen) atoms. The zero-order valence-corrected chi connectivity index (χ0v) is 12.2. The summed E-state index contributed by atoms with van der Waals surface area (Å²) in [5.41, 5.74) is 1.32. The van der Waals surface area contributed by atoms with E-state index in [4.69, 9.17) is 0 Å². The van der Waals surface area contributed by atoms with Crippen molar-refractivity contribution in [1.29, 1.82) is 0 Å².